The summed E-state index contributed by atoms with van der Waals surface area (Å²) in [6.45, 7) is 0.0941. The zero-order valence-electron chi connectivity index (χ0n) is 15.4. The molecular formula is C21H14ClFN2O2S3. The van der Waals surface area contributed by atoms with Crippen molar-refractivity contribution in [3.8, 4) is 0 Å². The number of imide groups is 1. The van der Waals surface area contributed by atoms with Gasteiger partial charge >= 0.3 is 0 Å². The van der Waals surface area contributed by atoms with Gasteiger partial charge in [-0.3, -0.25) is 14.5 Å². The van der Waals surface area contributed by atoms with Crippen LogP contribution in [0, 0.1) is 5.82 Å². The van der Waals surface area contributed by atoms with Gasteiger partial charge in [-0.05, 0) is 41.1 Å². The van der Waals surface area contributed by atoms with Gasteiger partial charge < -0.3 is 0 Å². The average Bonchev–Trinajstić information content (AvgIpc) is 3.22. The molecule has 0 saturated carbocycles. The molecule has 0 unspecified atom stereocenters. The third-order valence-corrected chi connectivity index (χ3v) is 7.71. The van der Waals surface area contributed by atoms with E-state index in [0.717, 1.165) is 26.8 Å². The minimum atomic E-state index is -0.391. The van der Waals surface area contributed by atoms with Crippen LogP contribution in [0.5, 0.6) is 0 Å². The van der Waals surface area contributed by atoms with Crippen LogP contribution in [0.2, 0.25) is 5.15 Å². The number of rotatable bonds is 6. The molecule has 2 amide bonds. The first kappa shape index (κ1) is 21.1. The molecule has 1 aromatic heterocycles. The highest BCUT2D eigenvalue weighted by molar-refractivity contribution is 8.18. The molecular weight excluding hydrogens is 463 g/mol. The highest BCUT2D eigenvalue weighted by Gasteiger charge is 2.35. The fourth-order valence-corrected chi connectivity index (χ4v) is 5.89. The number of halogens is 2. The Hall–Kier alpha value is -2.13. The van der Waals surface area contributed by atoms with E-state index in [2.05, 4.69) is 4.98 Å². The molecule has 4 nitrogen and oxygen atoms in total. The molecule has 3 aromatic rings. The van der Waals surface area contributed by atoms with Crippen molar-refractivity contribution in [2.75, 3.05) is 0 Å². The minimum Gasteiger partial charge on any atom is -0.268 e. The minimum absolute atomic E-state index is 0.0941. The van der Waals surface area contributed by atoms with E-state index in [1.54, 1.807) is 30.0 Å². The number of carbonyl (C=O) groups is 2. The normalized spacial score (nSPS) is 15.4. The first-order chi connectivity index (χ1) is 14.5. The first-order valence-corrected chi connectivity index (χ1v) is 11.8. The summed E-state index contributed by atoms with van der Waals surface area (Å²) in [6, 6.07) is 15.7. The summed E-state index contributed by atoms with van der Waals surface area (Å²) in [5.74, 6) is 0.00373. The fraction of sp³-hybridized carbons (Fsp3) is 0.0952. The van der Waals surface area contributed by atoms with Gasteiger partial charge in [0.15, 0.2) is 4.34 Å². The van der Waals surface area contributed by atoms with Crippen LogP contribution in [-0.4, -0.2) is 21.0 Å². The molecule has 0 radical (unpaired) electrons. The number of hydrogen-bond donors (Lipinski definition) is 0. The lowest BCUT2D eigenvalue weighted by atomic mass is 10.2. The van der Waals surface area contributed by atoms with Crippen molar-refractivity contribution in [1.82, 2.24) is 9.88 Å². The molecule has 0 atom stereocenters. The smallest absolute Gasteiger partial charge is 0.268 e. The Morgan fingerprint density at radius 3 is 2.53 bits per heavy atom. The molecule has 152 valence electrons. The van der Waals surface area contributed by atoms with Gasteiger partial charge in [-0.15, -0.1) is 11.3 Å². The number of carbonyl (C=O) groups excluding carboxylic acids is 2. The van der Waals surface area contributed by atoms with E-state index < -0.39 is 5.91 Å². The molecule has 4 rings (SSSR count). The van der Waals surface area contributed by atoms with Crippen molar-refractivity contribution in [3.63, 3.8) is 0 Å². The van der Waals surface area contributed by atoms with E-state index in [1.807, 2.05) is 30.3 Å². The third kappa shape index (κ3) is 4.95. The van der Waals surface area contributed by atoms with Crippen molar-refractivity contribution >= 4 is 63.7 Å². The number of benzene rings is 2. The van der Waals surface area contributed by atoms with Gasteiger partial charge in [0.25, 0.3) is 11.1 Å². The number of thiazole rings is 1. The SMILES string of the molecule is O=C1S/C(=C\c2sc(SCc3ccccc3)nc2Cl)C(=O)N1Cc1ccc(F)cc1. The summed E-state index contributed by atoms with van der Waals surface area (Å²) in [6.07, 6.45) is 1.61. The third-order valence-electron chi connectivity index (χ3n) is 4.18. The average molecular weight is 477 g/mol. The summed E-state index contributed by atoms with van der Waals surface area (Å²) in [4.78, 5) is 31.4. The zero-order valence-corrected chi connectivity index (χ0v) is 18.6. The quantitative estimate of drug-likeness (QED) is 0.301. The second-order valence-electron chi connectivity index (χ2n) is 6.30. The maximum Gasteiger partial charge on any atom is 0.293 e. The Morgan fingerprint density at radius 2 is 1.80 bits per heavy atom. The van der Waals surface area contributed by atoms with E-state index in [1.165, 1.54) is 29.0 Å². The highest BCUT2D eigenvalue weighted by Crippen LogP contribution is 2.38. The lowest BCUT2D eigenvalue weighted by Crippen LogP contribution is -2.27. The Labute approximate surface area is 190 Å². The molecule has 1 aliphatic rings. The van der Waals surface area contributed by atoms with E-state index in [4.69, 9.17) is 11.6 Å². The standard InChI is InChI=1S/C21H14ClFN2O2S3/c22-18-16(29-20(24-18)28-12-14-4-2-1-3-5-14)10-17-19(26)25(21(27)30-17)11-13-6-8-15(23)9-7-13/h1-10H,11-12H2/b17-10-. The van der Waals surface area contributed by atoms with Crippen LogP contribution < -0.4 is 0 Å². The van der Waals surface area contributed by atoms with Crippen LogP contribution in [0.25, 0.3) is 6.08 Å². The second-order valence-corrected chi connectivity index (χ2v) is 9.91. The van der Waals surface area contributed by atoms with Crippen LogP contribution in [-0.2, 0) is 17.1 Å². The zero-order chi connectivity index (χ0) is 21.1. The van der Waals surface area contributed by atoms with Crippen LogP contribution in [0.1, 0.15) is 16.0 Å². The maximum atomic E-state index is 13.1. The Balaban J connectivity index is 1.46. The molecule has 1 aliphatic heterocycles. The Bertz CT molecular complexity index is 1120. The number of aromatic nitrogens is 1. The molecule has 1 fully saturated rings. The summed E-state index contributed by atoms with van der Waals surface area (Å²) in [5.41, 5.74) is 1.85. The predicted octanol–water partition coefficient (Wildman–Crippen LogP) is 6.46. The van der Waals surface area contributed by atoms with E-state index in [9.17, 15) is 14.0 Å². The van der Waals surface area contributed by atoms with E-state index in [0.29, 0.717) is 20.5 Å². The van der Waals surface area contributed by atoms with Crippen LogP contribution in [0.3, 0.4) is 0 Å². The van der Waals surface area contributed by atoms with Gasteiger partial charge in [-0.2, -0.15) is 0 Å². The molecule has 0 aliphatic carbocycles. The van der Waals surface area contributed by atoms with Crippen molar-refractivity contribution in [3.05, 3.63) is 86.5 Å². The highest BCUT2D eigenvalue weighted by atomic mass is 35.5. The number of hydrogen-bond acceptors (Lipinski definition) is 6. The lowest BCUT2D eigenvalue weighted by molar-refractivity contribution is -0.123. The number of amides is 2. The van der Waals surface area contributed by atoms with Gasteiger partial charge in [0.1, 0.15) is 11.0 Å². The van der Waals surface area contributed by atoms with Gasteiger partial charge in [-0.1, -0.05) is 65.8 Å². The molecule has 0 bridgehead atoms. The van der Waals surface area contributed by atoms with Crippen molar-refractivity contribution in [1.29, 1.82) is 0 Å². The van der Waals surface area contributed by atoms with Crippen LogP contribution in [0.4, 0.5) is 9.18 Å². The lowest BCUT2D eigenvalue weighted by Gasteiger charge is -2.12. The molecule has 0 spiro atoms. The van der Waals surface area contributed by atoms with Gasteiger partial charge in [-0.25, -0.2) is 9.37 Å². The fourth-order valence-electron chi connectivity index (χ4n) is 2.69. The Kier molecular flexibility index (Phi) is 6.58. The molecule has 2 aromatic carbocycles. The predicted molar refractivity (Wildman–Crippen MR) is 121 cm³/mol. The largest absolute Gasteiger partial charge is 0.293 e. The summed E-state index contributed by atoms with van der Waals surface area (Å²) in [7, 11) is 0. The van der Waals surface area contributed by atoms with Crippen molar-refractivity contribution < 1.29 is 14.0 Å². The maximum absolute atomic E-state index is 13.1. The number of thioether (sulfide) groups is 2. The van der Waals surface area contributed by atoms with Crippen LogP contribution in [0.15, 0.2) is 63.8 Å². The van der Waals surface area contributed by atoms with Crippen molar-refractivity contribution in [2.45, 2.75) is 16.6 Å². The first-order valence-electron chi connectivity index (χ1n) is 8.82. The molecule has 2 heterocycles. The number of nitrogens with zero attached hydrogens (tertiary/aromatic N) is 2. The van der Waals surface area contributed by atoms with Crippen molar-refractivity contribution in [2.24, 2.45) is 0 Å². The monoisotopic (exact) mass is 476 g/mol. The summed E-state index contributed by atoms with van der Waals surface area (Å²) in [5, 5.41) is -0.0595. The second kappa shape index (κ2) is 9.34. The van der Waals surface area contributed by atoms with Gasteiger partial charge in [0.2, 0.25) is 0 Å². The van der Waals surface area contributed by atoms with Gasteiger partial charge in [0, 0.05) is 5.75 Å². The van der Waals surface area contributed by atoms with Gasteiger partial charge in [0.05, 0.1) is 16.3 Å². The molecule has 1 saturated heterocycles. The molecule has 9 heteroatoms. The van der Waals surface area contributed by atoms with Crippen LogP contribution >= 0.6 is 46.5 Å². The molecule has 0 N–H and O–H groups in total. The van der Waals surface area contributed by atoms with E-state index >= 15 is 0 Å². The topological polar surface area (TPSA) is 50.3 Å². The summed E-state index contributed by atoms with van der Waals surface area (Å²) >= 11 is 10.1. The van der Waals surface area contributed by atoms with E-state index in [-0.39, 0.29) is 17.6 Å². The molecule has 30 heavy (non-hydrogen) atoms. The summed E-state index contributed by atoms with van der Waals surface area (Å²) < 4.78 is 13.9. The Morgan fingerprint density at radius 1 is 1.07 bits per heavy atom.